The smallest absolute Gasteiger partial charge is 0.264 e. The molecule has 0 unspecified atom stereocenters. The van der Waals surface area contributed by atoms with Gasteiger partial charge in [0, 0.05) is 34.3 Å². The van der Waals surface area contributed by atoms with Crippen LogP contribution in [0.15, 0.2) is 65.6 Å². The Kier molecular flexibility index (Phi) is 12.3. The second-order valence-corrected chi connectivity index (χ2v) is 13.0. The zero-order valence-electron chi connectivity index (χ0n) is 25.8. The third-order valence-electron chi connectivity index (χ3n) is 7.32. The maximum absolute atomic E-state index is 14.3. The van der Waals surface area contributed by atoms with Crippen molar-refractivity contribution < 1.29 is 27.5 Å². The van der Waals surface area contributed by atoms with Crippen LogP contribution < -0.4 is 19.1 Å². The van der Waals surface area contributed by atoms with Crippen molar-refractivity contribution in [3.63, 3.8) is 0 Å². The molecular weight excluding hydrogens is 625 g/mol. The van der Waals surface area contributed by atoms with E-state index >= 15 is 0 Å². The van der Waals surface area contributed by atoms with Crippen molar-refractivity contribution in [2.24, 2.45) is 0 Å². The predicted octanol–water partition coefficient (Wildman–Crippen LogP) is 6.24. The van der Waals surface area contributed by atoms with Crippen LogP contribution in [0.25, 0.3) is 0 Å². The van der Waals surface area contributed by atoms with Crippen molar-refractivity contribution >= 4 is 50.7 Å². The Morgan fingerprint density at radius 2 is 1.52 bits per heavy atom. The fourth-order valence-corrected chi connectivity index (χ4v) is 6.51. The molecule has 3 rings (SSSR count). The third-order valence-corrected chi connectivity index (χ3v) is 9.80. The Bertz CT molecular complexity index is 1550. The first-order valence-electron chi connectivity index (χ1n) is 14.2. The van der Waals surface area contributed by atoms with Crippen LogP contribution in [-0.4, -0.2) is 58.0 Å². The monoisotopic (exact) mass is 663 g/mol. The van der Waals surface area contributed by atoms with Gasteiger partial charge in [-0.2, -0.15) is 0 Å². The molecule has 3 aromatic carbocycles. The summed E-state index contributed by atoms with van der Waals surface area (Å²) in [6, 6.07) is 14.9. The van der Waals surface area contributed by atoms with Crippen molar-refractivity contribution in [1.29, 1.82) is 0 Å². The Hall–Kier alpha value is -3.47. The van der Waals surface area contributed by atoms with Gasteiger partial charge < -0.3 is 19.7 Å². The Labute approximate surface area is 270 Å². The van der Waals surface area contributed by atoms with Crippen molar-refractivity contribution in [2.45, 2.75) is 64.1 Å². The van der Waals surface area contributed by atoms with Crippen LogP contribution in [0.5, 0.6) is 11.5 Å². The van der Waals surface area contributed by atoms with Crippen molar-refractivity contribution in [1.82, 2.24) is 10.2 Å². The molecule has 0 spiro atoms. The number of methoxy groups -OCH3 is 2. The number of hydrogen-bond donors (Lipinski definition) is 1. The number of nitrogens with one attached hydrogen (secondary N) is 1. The number of carbonyl (C=O) groups excluding carboxylic acids is 2. The number of rotatable bonds is 14. The van der Waals surface area contributed by atoms with E-state index in [9.17, 15) is 18.0 Å². The number of halogens is 2. The number of anilines is 1. The van der Waals surface area contributed by atoms with E-state index in [-0.39, 0.29) is 41.2 Å². The number of sulfonamides is 1. The highest BCUT2D eigenvalue weighted by molar-refractivity contribution is 7.92. The van der Waals surface area contributed by atoms with E-state index in [1.165, 1.54) is 37.3 Å². The third kappa shape index (κ3) is 8.16. The second kappa shape index (κ2) is 15.5. The van der Waals surface area contributed by atoms with Crippen LogP contribution in [0.3, 0.4) is 0 Å². The summed E-state index contributed by atoms with van der Waals surface area (Å²) in [5.74, 6) is -0.406. The highest BCUT2D eigenvalue weighted by Gasteiger charge is 2.35. The lowest BCUT2D eigenvalue weighted by Gasteiger charge is -2.34. The Morgan fingerprint density at radius 1 is 0.909 bits per heavy atom. The van der Waals surface area contributed by atoms with Crippen LogP contribution in [0, 0.1) is 6.92 Å². The molecule has 9 nitrogen and oxygen atoms in total. The summed E-state index contributed by atoms with van der Waals surface area (Å²) < 4.78 is 40.1. The molecule has 0 aliphatic carbocycles. The summed E-state index contributed by atoms with van der Waals surface area (Å²) >= 11 is 13.0. The quantitative estimate of drug-likeness (QED) is 0.219. The van der Waals surface area contributed by atoms with Crippen molar-refractivity contribution in [2.75, 3.05) is 25.1 Å². The van der Waals surface area contributed by atoms with Gasteiger partial charge in [-0.25, -0.2) is 8.42 Å². The maximum Gasteiger partial charge on any atom is 0.264 e. The zero-order valence-corrected chi connectivity index (χ0v) is 28.1. The minimum absolute atomic E-state index is 0.106. The molecule has 238 valence electrons. The van der Waals surface area contributed by atoms with E-state index in [1.807, 2.05) is 20.8 Å². The molecule has 2 atom stereocenters. The molecule has 0 saturated heterocycles. The number of benzene rings is 3. The number of amides is 2. The maximum atomic E-state index is 14.3. The zero-order chi connectivity index (χ0) is 32.6. The summed E-state index contributed by atoms with van der Waals surface area (Å²) in [5.41, 5.74) is 1.63. The number of aryl methyl sites for hydroxylation is 1. The first-order chi connectivity index (χ1) is 20.9. The molecule has 0 radical (unpaired) electrons. The summed E-state index contributed by atoms with van der Waals surface area (Å²) in [6.07, 6.45) is 0.959. The summed E-state index contributed by atoms with van der Waals surface area (Å²) in [5, 5.41) is 3.59. The Morgan fingerprint density at radius 3 is 2.07 bits per heavy atom. The number of nitrogens with zero attached hydrogens (tertiary/aromatic N) is 2. The van der Waals surface area contributed by atoms with Gasteiger partial charge in [-0.15, -0.1) is 0 Å². The molecule has 0 bridgehead atoms. The van der Waals surface area contributed by atoms with Gasteiger partial charge in [0.2, 0.25) is 11.8 Å². The lowest BCUT2D eigenvalue weighted by molar-refractivity contribution is -0.140. The lowest BCUT2D eigenvalue weighted by Crippen LogP contribution is -2.53. The topological polar surface area (TPSA) is 105 Å². The van der Waals surface area contributed by atoms with Gasteiger partial charge in [-0.1, -0.05) is 60.8 Å². The average Bonchev–Trinajstić information content (AvgIpc) is 3.00. The van der Waals surface area contributed by atoms with Crippen LogP contribution in [0.2, 0.25) is 10.0 Å². The SMILES string of the molecule is CC[C@H](C(=O)N[C@@H](C)CC)N(Cc1c(Cl)cccc1Cl)C(=O)CN(c1ccc(C)cc1)S(=O)(=O)c1ccc(OC)c(OC)c1. The van der Waals surface area contributed by atoms with Gasteiger partial charge in [-0.05, 0) is 63.1 Å². The molecular formula is C32H39Cl2N3O6S. The number of carbonyl (C=O) groups is 2. The van der Waals surface area contributed by atoms with Crippen LogP contribution in [0.1, 0.15) is 44.7 Å². The van der Waals surface area contributed by atoms with Gasteiger partial charge in [-0.3, -0.25) is 13.9 Å². The Balaban J connectivity index is 2.13. The highest BCUT2D eigenvalue weighted by Crippen LogP contribution is 2.33. The van der Waals surface area contributed by atoms with Crippen LogP contribution in [0.4, 0.5) is 5.69 Å². The van der Waals surface area contributed by atoms with E-state index in [2.05, 4.69) is 5.32 Å². The molecule has 12 heteroatoms. The van der Waals surface area contributed by atoms with Crippen molar-refractivity contribution in [3.8, 4) is 11.5 Å². The molecule has 0 aliphatic rings. The molecule has 0 aliphatic heterocycles. The molecule has 2 amide bonds. The fourth-order valence-electron chi connectivity index (χ4n) is 4.56. The summed E-state index contributed by atoms with van der Waals surface area (Å²) in [6.45, 7) is 6.76. The normalized spacial score (nSPS) is 12.6. The molecule has 44 heavy (non-hydrogen) atoms. The summed E-state index contributed by atoms with van der Waals surface area (Å²) in [7, 11) is -1.47. The van der Waals surface area contributed by atoms with E-state index in [0.29, 0.717) is 27.8 Å². The molecule has 0 fully saturated rings. The molecule has 0 saturated carbocycles. The van der Waals surface area contributed by atoms with Gasteiger partial charge in [0.25, 0.3) is 10.0 Å². The van der Waals surface area contributed by atoms with E-state index < -0.39 is 28.5 Å². The molecule has 0 heterocycles. The van der Waals surface area contributed by atoms with Gasteiger partial charge in [0.05, 0.1) is 24.8 Å². The standard InChI is InChI=1S/C32H39Cl2N3O6S/c1-7-22(4)35-32(39)28(8-2)36(19-25-26(33)10-9-11-27(25)34)31(38)20-37(23-14-12-21(3)13-15-23)44(40,41)24-16-17-29(42-5)30(18-24)43-6/h9-18,22,28H,7-8,19-20H2,1-6H3,(H,35,39)/t22-,28+/m0/s1. The van der Waals surface area contributed by atoms with Gasteiger partial charge in [0.1, 0.15) is 12.6 Å². The van der Waals surface area contributed by atoms with E-state index in [4.69, 9.17) is 32.7 Å². The molecule has 3 aromatic rings. The number of hydrogen-bond acceptors (Lipinski definition) is 6. The van der Waals surface area contributed by atoms with Crippen LogP contribution >= 0.6 is 23.2 Å². The van der Waals surface area contributed by atoms with Crippen molar-refractivity contribution in [3.05, 3.63) is 81.8 Å². The summed E-state index contributed by atoms with van der Waals surface area (Å²) in [4.78, 5) is 29.0. The first kappa shape index (κ1) is 35.0. The minimum Gasteiger partial charge on any atom is -0.493 e. The van der Waals surface area contributed by atoms with Crippen LogP contribution in [-0.2, 0) is 26.2 Å². The fraction of sp³-hybridized carbons (Fsp3) is 0.375. The largest absolute Gasteiger partial charge is 0.493 e. The van der Waals surface area contributed by atoms with E-state index in [1.54, 1.807) is 49.4 Å². The average molecular weight is 665 g/mol. The molecule has 1 N–H and O–H groups in total. The second-order valence-electron chi connectivity index (χ2n) is 10.3. The first-order valence-corrected chi connectivity index (χ1v) is 16.4. The highest BCUT2D eigenvalue weighted by atomic mass is 35.5. The minimum atomic E-state index is -4.32. The lowest BCUT2D eigenvalue weighted by atomic mass is 10.1. The van der Waals surface area contributed by atoms with Gasteiger partial charge in [0.15, 0.2) is 11.5 Å². The molecule has 0 aromatic heterocycles. The number of ether oxygens (including phenoxy) is 2. The van der Waals surface area contributed by atoms with Gasteiger partial charge >= 0.3 is 0 Å². The predicted molar refractivity (Wildman–Crippen MR) is 174 cm³/mol. The van der Waals surface area contributed by atoms with E-state index in [0.717, 1.165) is 9.87 Å².